The van der Waals surface area contributed by atoms with Gasteiger partial charge in [0.05, 0.1) is 0 Å². The third kappa shape index (κ3) is 6.24. The van der Waals surface area contributed by atoms with Crippen molar-refractivity contribution in [1.29, 1.82) is 0 Å². The van der Waals surface area contributed by atoms with Crippen LogP contribution in [0.3, 0.4) is 0 Å². The second-order valence-corrected chi connectivity index (χ2v) is 7.37. The van der Waals surface area contributed by atoms with Gasteiger partial charge in [-0.15, -0.1) is 12.4 Å². The van der Waals surface area contributed by atoms with Crippen molar-refractivity contribution < 1.29 is 9.53 Å². The van der Waals surface area contributed by atoms with Crippen molar-refractivity contribution >= 4 is 35.8 Å². The van der Waals surface area contributed by atoms with Gasteiger partial charge in [-0.1, -0.05) is 30.3 Å². The van der Waals surface area contributed by atoms with Gasteiger partial charge in [-0.2, -0.15) is 11.8 Å². The molecule has 0 radical (unpaired) electrons. The predicted octanol–water partition coefficient (Wildman–Crippen LogP) is 4.03. The number of carbonyl (C=O) groups excluding carboxylic acids is 1. The fraction of sp³-hybridized carbons (Fsp3) is 0.350. The fourth-order valence-electron chi connectivity index (χ4n) is 2.78. The molecule has 140 valence electrons. The number of hydrogen-bond donors (Lipinski definition) is 2. The Hall–Kier alpha value is -1.69. The van der Waals surface area contributed by atoms with E-state index < -0.39 is 0 Å². The van der Waals surface area contributed by atoms with Crippen molar-refractivity contribution in [3.05, 3.63) is 59.7 Å². The van der Waals surface area contributed by atoms with E-state index in [1.807, 2.05) is 48.2 Å². The van der Waals surface area contributed by atoms with Crippen LogP contribution in [0.5, 0.6) is 5.75 Å². The van der Waals surface area contributed by atoms with E-state index in [1.54, 1.807) is 0 Å². The summed E-state index contributed by atoms with van der Waals surface area (Å²) in [5.74, 6) is 2.91. The van der Waals surface area contributed by atoms with Crippen molar-refractivity contribution in [2.45, 2.75) is 26.0 Å². The number of rotatable bonds is 6. The quantitative estimate of drug-likeness (QED) is 0.779. The summed E-state index contributed by atoms with van der Waals surface area (Å²) in [6.07, 6.45) is 0.501. The van der Waals surface area contributed by atoms with Crippen LogP contribution >= 0.6 is 24.2 Å². The van der Waals surface area contributed by atoms with Gasteiger partial charge in [0.15, 0.2) is 0 Å². The lowest BCUT2D eigenvalue weighted by Gasteiger charge is -2.22. The number of ether oxygens (including phenoxy) is 1. The first kappa shape index (κ1) is 20.6. The maximum Gasteiger partial charge on any atom is 0.225 e. The van der Waals surface area contributed by atoms with E-state index in [0.29, 0.717) is 13.0 Å². The number of nitrogens with one attached hydrogen (secondary N) is 2. The average molecular weight is 393 g/mol. The standard InChI is InChI=1S/C20H24N2O2S.ClH/c1-15-5-2-3-6-16(15)13-24-19-8-4-7-17(11-19)22-20(23)12-18-14-25-10-9-21-18;/h2-8,11,18,21H,9-10,12-14H2,1H3,(H,22,23);1H. The Balaban J connectivity index is 0.00000243. The summed E-state index contributed by atoms with van der Waals surface area (Å²) in [7, 11) is 0. The number of amides is 1. The molecule has 0 aliphatic carbocycles. The molecular weight excluding hydrogens is 368 g/mol. The highest BCUT2D eigenvalue weighted by Crippen LogP contribution is 2.20. The normalized spacial score (nSPS) is 16.4. The van der Waals surface area contributed by atoms with Gasteiger partial charge < -0.3 is 15.4 Å². The molecule has 4 nitrogen and oxygen atoms in total. The van der Waals surface area contributed by atoms with Gasteiger partial charge in [0.2, 0.25) is 5.91 Å². The Morgan fingerprint density at radius 3 is 2.88 bits per heavy atom. The average Bonchev–Trinajstić information content (AvgIpc) is 2.62. The van der Waals surface area contributed by atoms with E-state index in [1.165, 1.54) is 5.56 Å². The zero-order valence-electron chi connectivity index (χ0n) is 14.9. The van der Waals surface area contributed by atoms with E-state index in [9.17, 15) is 4.79 Å². The molecule has 2 aromatic carbocycles. The molecule has 0 saturated carbocycles. The molecule has 1 heterocycles. The first-order valence-corrected chi connectivity index (χ1v) is 9.74. The van der Waals surface area contributed by atoms with Crippen molar-refractivity contribution in [3.8, 4) is 5.75 Å². The van der Waals surface area contributed by atoms with Gasteiger partial charge >= 0.3 is 0 Å². The SMILES string of the molecule is Cc1ccccc1COc1cccc(NC(=O)CC2CSCCN2)c1.Cl. The van der Waals surface area contributed by atoms with Gasteiger partial charge in [-0.25, -0.2) is 0 Å². The number of benzene rings is 2. The smallest absolute Gasteiger partial charge is 0.225 e. The third-order valence-corrected chi connectivity index (χ3v) is 5.33. The Bertz CT molecular complexity index is 720. The fourth-order valence-corrected chi connectivity index (χ4v) is 3.73. The predicted molar refractivity (Wildman–Crippen MR) is 112 cm³/mol. The molecule has 1 aliphatic heterocycles. The van der Waals surface area contributed by atoms with E-state index >= 15 is 0 Å². The molecule has 0 bridgehead atoms. The maximum absolute atomic E-state index is 12.2. The summed E-state index contributed by atoms with van der Waals surface area (Å²) in [5, 5.41) is 6.36. The summed E-state index contributed by atoms with van der Waals surface area (Å²) < 4.78 is 5.88. The van der Waals surface area contributed by atoms with E-state index in [0.717, 1.165) is 35.1 Å². The number of aryl methyl sites for hydroxylation is 1. The number of halogens is 1. The zero-order valence-corrected chi connectivity index (χ0v) is 16.5. The molecule has 1 unspecified atom stereocenters. The number of hydrogen-bond acceptors (Lipinski definition) is 4. The van der Waals surface area contributed by atoms with E-state index in [-0.39, 0.29) is 24.4 Å². The minimum Gasteiger partial charge on any atom is -0.489 e. The maximum atomic E-state index is 12.2. The Kier molecular flexibility index (Phi) is 8.29. The van der Waals surface area contributed by atoms with Gasteiger partial charge in [0.1, 0.15) is 12.4 Å². The molecule has 26 heavy (non-hydrogen) atoms. The Morgan fingerprint density at radius 2 is 2.12 bits per heavy atom. The van der Waals surface area contributed by atoms with Crippen molar-refractivity contribution in [2.24, 2.45) is 0 Å². The molecule has 1 aliphatic rings. The topological polar surface area (TPSA) is 50.4 Å². The lowest BCUT2D eigenvalue weighted by Crippen LogP contribution is -2.39. The van der Waals surface area contributed by atoms with Gasteiger partial charge in [0, 0.05) is 42.3 Å². The van der Waals surface area contributed by atoms with E-state index in [2.05, 4.69) is 29.7 Å². The van der Waals surface area contributed by atoms with Gasteiger partial charge in [-0.3, -0.25) is 4.79 Å². The van der Waals surface area contributed by atoms with Crippen LogP contribution in [-0.2, 0) is 11.4 Å². The van der Waals surface area contributed by atoms with Crippen LogP contribution in [0.15, 0.2) is 48.5 Å². The summed E-state index contributed by atoms with van der Waals surface area (Å²) in [4.78, 5) is 12.2. The highest BCUT2D eigenvalue weighted by atomic mass is 35.5. The second kappa shape index (κ2) is 10.5. The molecule has 1 saturated heterocycles. The molecule has 1 amide bonds. The molecule has 3 rings (SSSR count). The molecule has 2 aromatic rings. The molecule has 0 aromatic heterocycles. The minimum atomic E-state index is 0. The van der Waals surface area contributed by atoms with Gasteiger partial charge in [-0.05, 0) is 30.2 Å². The summed E-state index contributed by atoms with van der Waals surface area (Å²) in [6, 6.07) is 16.0. The number of thioether (sulfide) groups is 1. The second-order valence-electron chi connectivity index (χ2n) is 6.22. The highest BCUT2D eigenvalue weighted by Gasteiger charge is 2.16. The Morgan fingerprint density at radius 1 is 1.27 bits per heavy atom. The summed E-state index contributed by atoms with van der Waals surface area (Å²) >= 11 is 1.90. The summed E-state index contributed by atoms with van der Waals surface area (Å²) in [5.41, 5.74) is 3.15. The van der Waals surface area contributed by atoms with Crippen LogP contribution in [0.4, 0.5) is 5.69 Å². The molecule has 6 heteroatoms. The Labute approximate surface area is 165 Å². The minimum absolute atomic E-state index is 0. The van der Waals surface area contributed by atoms with Crippen LogP contribution < -0.4 is 15.4 Å². The molecule has 2 N–H and O–H groups in total. The lowest BCUT2D eigenvalue weighted by atomic mass is 10.1. The van der Waals surface area contributed by atoms with Crippen molar-refractivity contribution in [3.63, 3.8) is 0 Å². The molecular formula is C20H25ClN2O2S. The van der Waals surface area contributed by atoms with Crippen LogP contribution in [0.25, 0.3) is 0 Å². The van der Waals surface area contributed by atoms with E-state index in [4.69, 9.17) is 4.74 Å². The highest BCUT2D eigenvalue weighted by molar-refractivity contribution is 7.99. The first-order chi connectivity index (χ1) is 12.2. The van der Waals surface area contributed by atoms with Crippen LogP contribution in [0.1, 0.15) is 17.5 Å². The monoisotopic (exact) mass is 392 g/mol. The van der Waals surface area contributed by atoms with Crippen molar-refractivity contribution in [2.75, 3.05) is 23.4 Å². The third-order valence-electron chi connectivity index (χ3n) is 4.20. The van der Waals surface area contributed by atoms with Crippen molar-refractivity contribution in [1.82, 2.24) is 5.32 Å². The summed E-state index contributed by atoms with van der Waals surface area (Å²) in [6.45, 7) is 3.57. The van der Waals surface area contributed by atoms with Gasteiger partial charge in [0.25, 0.3) is 0 Å². The largest absolute Gasteiger partial charge is 0.489 e. The molecule has 0 spiro atoms. The zero-order chi connectivity index (χ0) is 17.5. The van der Waals surface area contributed by atoms with Crippen LogP contribution in [0, 0.1) is 6.92 Å². The van der Waals surface area contributed by atoms with Crippen LogP contribution in [0.2, 0.25) is 0 Å². The first-order valence-electron chi connectivity index (χ1n) is 8.59. The number of anilines is 1. The number of carbonyl (C=O) groups is 1. The molecule has 1 atom stereocenters. The van der Waals surface area contributed by atoms with Crippen LogP contribution in [-0.4, -0.2) is 30.0 Å². The molecule has 1 fully saturated rings. The lowest BCUT2D eigenvalue weighted by molar-refractivity contribution is -0.116.